The zero-order chi connectivity index (χ0) is 18.4. The van der Waals surface area contributed by atoms with Crippen molar-refractivity contribution in [2.24, 2.45) is 0 Å². The Kier molecular flexibility index (Phi) is 6.50. The van der Waals surface area contributed by atoms with Gasteiger partial charge in [0.25, 0.3) is 0 Å². The second-order valence-corrected chi connectivity index (χ2v) is 7.00. The van der Waals surface area contributed by atoms with Gasteiger partial charge in [-0.15, -0.1) is 0 Å². The molecule has 0 saturated carbocycles. The Balaban J connectivity index is 1.33. The summed E-state index contributed by atoms with van der Waals surface area (Å²) in [5, 5.41) is 0. The first-order valence-electron chi connectivity index (χ1n) is 9.62. The van der Waals surface area contributed by atoms with E-state index in [1.54, 1.807) is 7.11 Å². The molecule has 6 nitrogen and oxygen atoms in total. The molecule has 2 fully saturated rings. The molecule has 0 aromatic heterocycles. The standard InChI is InChI=1S/C20H29N3O3/c1-26-18-8-4-3-7-17(18)22-15-13-21(14-16-22)11-5-2-6-12-23-19(24)9-10-20(23)25/h3-4,7-8H,2,5-6,9-16H2,1H3. The van der Waals surface area contributed by atoms with E-state index in [1.165, 1.54) is 10.6 Å². The first-order valence-corrected chi connectivity index (χ1v) is 9.62. The van der Waals surface area contributed by atoms with Crippen LogP contribution in [0.1, 0.15) is 32.1 Å². The number of anilines is 1. The number of likely N-dealkylation sites (tertiary alicyclic amines) is 1. The molecule has 2 heterocycles. The highest BCUT2D eigenvalue weighted by Gasteiger charge is 2.27. The summed E-state index contributed by atoms with van der Waals surface area (Å²) in [7, 11) is 1.72. The molecule has 26 heavy (non-hydrogen) atoms. The Labute approximate surface area is 155 Å². The Morgan fingerprint density at radius 2 is 1.54 bits per heavy atom. The molecule has 2 aliphatic heterocycles. The summed E-state index contributed by atoms with van der Waals surface area (Å²) in [6.07, 6.45) is 3.89. The number of rotatable bonds is 8. The Morgan fingerprint density at radius 1 is 0.885 bits per heavy atom. The number of ether oxygens (including phenoxy) is 1. The fourth-order valence-electron chi connectivity index (χ4n) is 3.76. The highest BCUT2D eigenvalue weighted by atomic mass is 16.5. The van der Waals surface area contributed by atoms with Crippen molar-refractivity contribution in [2.75, 3.05) is 51.3 Å². The van der Waals surface area contributed by atoms with Gasteiger partial charge in [0.1, 0.15) is 5.75 Å². The van der Waals surface area contributed by atoms with Crippen molar-refractivity contribution < 1.29 is 14.3 Å². The number of benzene rings is 1. The lowest BCUT2D eigenvalue weighted by atomic mass is 10.2. The van der Waals surface area contributed by atoms with Gasteiger partial charge >= 0.3 is 0 Å². The molecule has 0 bridgehead atoms. The number of methoxy groups -OCH3 is 1. The number of imide groups is 1. The summed E-state index contributed by atoms with van der Waals surface area (Å²) in [5.41, 5.74) is 1.18. The molecule has 6 heteroatoms. The third-order valence-electron chi connectivity index (χ3n) is 5.31. The fourth-order valence-corrected chi connectivity index (χ4v) is 3.76. The van der Waals surface area contributed by atoms with E-state index in [0.717, 1.165) is 57.7 Å². The average Bonchev–Trinajstić information content (AvgIpc) is 3.00. The first-order chi connectivity index (χ1) is 12.7. The number of hydrogen-bond donors (Lipinski definition) is 0. The molecule has 2 saturated heterocycles. The van der Waals surface area contributed by atoms with Crippen LogP contribution in [0.25, 0.3) is 0 Å². The maximum absolute atomic E-state index is 11.6. The van der Waals surface area contributed by atoms with Crippen LogP contribution in [-0.4, -0.2) is 68.0 Å². The van der Waals surface area contributed by atoms with Crippen LogP contribution in [0.15, 0.2) is 24.3 Å². The number of carbonyl (C=O) groups excluding carboxylic acids is 2. The van der Waals surface area contributed by atoms with Crippen LogP contribution >= 0.6 is 0 Å². The average molecular weight is 359 g/mol. The van der Waals surface area contributed by atoms with Gasteiger partial charge in [0.05, 0.1) is 12.8 Å². The largest absolute Gasteiger partial charge is 0.495 e. The number of hydrogen-bond acceptors (Lipinski definition) is 5. The summed E-state index contributed by atoms with van der Waals surface area (Å²) in [5.74, 6) is 0.942. The zero-order valence-electron chi connectivity index (χ0n) is 15.7. The predicted molar refractivity (Wildman–Crippen MR) is 101 cm³/mol. The van der Waals surface area contributed by atoms with Crippen LogP contribution in [0.2, 0.25) is 0 Å². The molecular weight excluding hydrogens is 330 g/mol. The van der Waals surface area contributed by atoms with Crippen LogP contribution in [0, 0.1) is 0 Å². The number of amides is 2. The molecule has 2 aliphatic rings. The summed E-state index contributed by atoms with van der Waals surface area (Å²) in [6, 6.07) is 8.19. The van der Waals surface area contributed by atoms with E-state index in [1.807, 2.05) is 12.1 Å². The van der Waals surface area contributed by atoms with E-state index >= 15 is 0 Å². The van der Waals surface area contributed by atoms with Gasteiger partial charge in [0.15, 0.2) is 0 Å². The molecule has 0 spiro atoms. The van der Waals surface area contributed by atoms with E-state index in [2.05, 4.69) is 21.9 Å². The SMILES string of the molecule is COc1ccccc1N1CCN(CCCCCN2C(=O)CCC2=O)CC1. The van der Waals surface area contributed by atoms with Crippen molar-refractivity contribution in [1.82, 2.24) is 9.80 Å². The summed E-state index contributed by atoms with van der Waals surface area (Å²) in [4.78, 5) is 29.5. The Bertz CT molecular complexity index is 610. The van der Waals surface area contributed by atoms with Crippen molar-refractivity contribution in [3.8, 4) is 5.75 Å². The highest BCUT2D eigenvalue weighted by Crippen LogP contribution is 2.28. The van der Waals surface area contributed by atoms with E-state index < -0.39 is 0 Å². The van der Waals surface area contributed by atoms with Gasteiger partial charge in [0.2, 0.25) is 11.8 Å². The number of piperazine rings is 1. The van der Waals surface area contributed by atoms with Gasteiger partial charge in [-0.3, -0.25) is 19.4 Å². The Hall–Kier alpha value is -2.08. The van der Waals surface area contributed by atoms with Gasteiger partial charge in [-0.25, -0.2) is 0 Å². The van der Waals surface area contributed by atoms with Crippen molar-refractivity contribution in [3.05, 3.63) is 24.3 Å². The minimum Gasteiger partial charge on any atom is -0.495 e. The second-order valence-electron chi connectivity index (χ2n) is 7.00. The summed E-state index contributed by atoms with van der Waals surface area (Å²) < 4.78 is 5.47. The maximum Gasteiger partial charge on any atom is 0.229 e. The molecular formula is C20H29N3O3. The lowest BCUT2D eigenvalue weighted by Gasteiger charge is -2.36. The first kappa shape index (κ1) is 18.7. The van der Waals surface area contributed by atoms with Gasteiger partial charge in [0, 0.05) is 45.6 Å². The van der Waals surface area contributed by atoms with Gasteiger partial charge in [-0.2, -0.15) is 0 Å². The molecule has 3 rings (SSSR count). The van der Waals surface area contributed by atoms with Crippen molar-refractivity contribution >= 4 is 17.5 Å². The molecule has 0 radical (unpaired) electrons. The Morgan fingerprint density at radius 3 is 2.23 bits per heavy atom. The van der Waals surface area contributed by atoms with E-state index in [-0.39, 0.29) is 11.8 Å². The normalized spacial score (nSPS) is 18.7. The number of carbonyl (C=O) groups is 2. The molecule has 1 aromatic rings. The van der Waals surface area contributed by atoms with E-state index in [9.17, 15) is 9.59 Å². The summed E-state index contributed by atoms with van der Waals surface area (Å²) >= 11 is 0. The smallest absolute Gasteiger partial charge is 0.229 e. The van der Waals surface area contributed by atoms with Gasteiger partial charge in [-0.1, -0.05) is 18.6 Å². The molecule has 0 unspecified atom stereocenters. The maximum atomic E-state index is 11.6. The second kappa shape index (κ2) is 9.03. The zero-order valence-corrected chi connectivity index (χ0v) is 15.7. The highest BCUT2D eigenvalue weighted by molar-refractivity contribution is 6.01. The third-order valence-corrected chi connectivity index (χ3v) is 5.31. The lowest BCUT2D eigenvalue weighted by Crippen LogP contribution is -2.46. The van der Waals surface area contributed by atoms with Gasteiger partial charge in [-0.05, 0) is 31.5 Å². The van der Waals surface area contributed by atoms with Crippen LogP contribution in [0.3, 0.4) is 0 Å². The van der Waals surface area contributed by atoms with Crippen LogP contribution in [0.5, 0.6) is 5.75 Å². The molecule has 0 atom stereocenters. The number of unbranched alkanes of at least 4 members (excludes halogenated alkanes) is 2. The number of nitrogens with zero attached hydrogens (tertiary/aromatic N) is 3. The molecule has 0 N–H and O–H groups in total. The van der Waals surface area contributed by atoms with Crippen LogP contribution < -0.4 is 9.64 Å². The van der Waals surface area contributed by atoms with E-state index in [4.69, 9.17) is 4.74 Å². The lowest BCUT2D eigenvalue weighted by molar-refractivity contribution is -0.138. The van der Waals surface area contributed by atoms with E-state index in [0.29, 0.717) is 19.4 Å². The molecule has 2 amide bonds. The number of para-hydroxylation sites is 2. The predicted octanol–water partition coefficient (Wildman–Crippen LogP) is 2.14. The quantitative estimate of drug-likeness (QED) is 0.526. The minimum atomic E-state index is 0.00228. The summed E-state index contributed by atoms with van der Waals surface area (Å²) in [6.45, 7) is 5.82. The molecule has 142 valence electrons. The van der Waals surface area contributed by atoms with Crippen molar-refractivity contribution in [3.63, 3.8) is 0 Å². The van der Waals surface area contributed by atoms with Crippen LogP contribution in [0.4, 0.5) is 5.69 Å². The van der Waals surface area contributed by atoms with Crippen molar-refractivity contribution in [2.45, 2.75) is 32.1 Å². The molecule has 1 aromatic carbocycles. The fraction of sp³-hybridized carbons (Fsp3) is 0.600. The van der Waals surface area contributed by atoms with Gasteiger partial charge < -0.3 is 9.64 Å². The van der Waals surface area contributed by atoms with Crippen LogP contribution in [-0.2, 0) is 9.59 Å². The monoisotopic (exact) mass is 359 g/mol. The third kappa shape index (κ3) is 4.55. The molecule has 0 aliphatic carbocycles. The minimum absolute atomic E-state index is 0.00228. The topological polar surface area (TPSA) is 53.1 Å². The van der Waals surface area contributed by atoms with Crippen molar-refractivity contribution in [1.29, 1.82) is 0 Å².